The molecule has 28 heavy (non-hydrogen) atoms. The molecule has 0 unspecified atom stereocenters. The zero-order chi connectivity index (χ0) is 19.7. The van der Waals surface area contributed by atoms with Gasteiger partial charge in [0.25, 0.3) is 0 Å². The van der Waals surface area contributed by atoms with E-state index in [4.69, 9.17) is 4.74 Å². The molecule has 2 aliphatic rings. The highest BCUT2D eigenvalue weighted by Crippen LogP contribution is 2.36. The van der Waals surface area contributed by atoms with E-state index in [1.54, 1.807) is 18.3 Å². The highest BCUT2D eigenvalue weighted by atomic mass is 32.2. The first-order valence-corrected chi connectivity index (χ1v) is 11.2. The fourth-order valence-electron chi connectivity index (χ4n) is 3.70. The highest BCUT2D eigenvalue weighted by Gasteiger charge is 2.25. The van der Waals surface area contributed by atoms with Crippen LogP contribution in [0.4, 0.5) is 11.5 Å². The number of fused-ring (bicyclic) bond motifs is 1. The number of aromatic nitrogens is 1. The van der Waals surface area contributed by atoms with Crippen molar-refractivity contribution in [2.45, 2.75) is 30.3 Å². The van der Waals surface area contributed by atoms with Crippen LogP contribution in [0.5, 0.6) is 5.75 Å². The number of ether oxygens (including phenoxy) is 1. The molecule has 0 aliphatic carbocycles. The van der Waals surface area contributed by atoms with Crippen molar-refractivity contribution in [3.63, 3.8) is 0 Å². The molecule has 146 valence electrons. The van der Waals surface area contributed by atoms with Gasteiger partial charge in [-0.2, -0.15) is 5.26 Å². The van der Waals surface area contributed by atoms with E-state index in [0.29, 0.717) is 28.6 Å². The van der Waals surface area contributed by atoms with Crippen molar-refractivity contribution >= 4 is 21.3 Å². The van der Waals surface area contributed by atoms with Gasteiger partial charge in [0.05, 0.1) is 11.1 Å². The predicted molar refractivity (Wildman–Crippen MR) is 106 cm³/mol. The van der Waals surface area contributed by atoms with Gasteiger partial charge in [-0.1, -0.05) is 0 Å². The Hall–Kier alpha value is -2.63. The molecule has 1 aromatic heterocycles. The Morgan fingerprint density at radius 1 is 1.29 bits per heavy atom. The monoisotopic (exact) mass is 398 g/mol. The Morgan fingerprint density at radius 3 is 2.79 bits per heavy atom. The van der Waals surface area contributed by atoms with Gasteiger partial charge < -0.3 is 15.0 Å². The van der Waals surface area contributed by atoms with Crippen LogP contribution in [0.1, 0.15) is 24.0 Å². The molecule has 2 aromatic rings. The summed E-state index contributed by atoms with van der Waals surface area (Å²) in [7, 11) is -3.23. The lowest BCUT2D eigenvalue weighted by atomic mass is 10.1. The zero-order valence-corrected chi connectivity index (χ0v) is 16.5. The van der Waals surface area contributed by atoms with Crippen LogP contribution in [0.15, 0.2) is 35.4 Å². The largest absolute Gasteiger partial charge is 0.489 e. The van der Waals surface area contributed by atoms with Gasteiger partial charge in [-0.15, -0.1) is 0 Å². The summed E-state index contributed by atoms with van der Waals surface area (Å²) in [4.78, 5) is 6.82. The normalized spacial score (nSPS) is 17.2. The number of benzene rings is 1. The lowest BCUT2D eigenvalue weighted by molar-refractivity contribution is 0.162. The van der Waals surface area contributed by atoms with Crippen LogP contribution in [0.25, 0.3) is 0 Å². The van der Waals surface area contributed by atoms with Crippen LogP contribution in [0, 0.1) is 11.3 Å². The molecule has 0 bridgehead atoms. The van der Waals surface area contributed by atoms with Gasteiger partial charge in [0.1, 0.15) is 29.3 Å². The van der Waals surface area contributed by atoms with E-state index >= 15 is 0 Å². The van der Waals surface area contributed by atoms with Gasteiger partial charge in [0.2, 0.25) is 0 Å². The number of anilines is 2. The standard InChI is InChI=1S/C20H22N4O3S/c1-28(25,26)17-2-3-18-14(10-17)6-9-24(18)20-11-19(15(12-21)13-23-20)27-16-4-7-22-8-5-16/h2-3,10-11,13,16,22H,4-9H2,1H3. The Bertz CT molecular complexity index is 1040. The molecule has 4 rings (SSSR count). The van der Waals surface area contributed by atoms with Crippen LogP contribution in [0.2, 0.25) is 0 Å². The van der Waals surface area contributed by atoms with Crippen molar-refractivity contribution in [3.8, 4) is 11.8 Å². The van der Waals surface area contributed by atoms with Crippen LogP contribution in [0.3, 0.4) is 0 Å². The molecule has 2 aliphatic heterocycles. The third kappa shape index (κ3) is 3.68. The molecule has 1 fully saturated rings. The summed E-state index contributed by atoms with van der Waals surface area (Å²) < 4.78 is 29.7. The van der Waals surface area contributed by atoms with Crippen LogP contribution < -0.4 is 15.0 Å². The number of hydrogen-bond acceptors (Lipinski definition) is 7. The van der Waals surface area contributed by atoms with E-state index in [9.17, 15) is 13.7 Å². The summed E-state index contributed by atoms with van der Waals surface area (Å²) in [5.41, 5.74) is 2.35. The molecule has 0 atom stereocenters. The maximum atomic E-state index is 11.8. The van der Waals surface area contributed by atoms with E-state index < -0.39 is 9.84 Å². The van der Waals surface area contributed by atoms with Gasteiger partial charge in [0, 0.05) is 24.6 Å². The van der Waals surface area contributed by atoms with Crippen molar-refractivity contribution in [2.75, 3.05) is 30.8 Å². The number of pyridine rings is 1. The van der Waals surface area contributed by atoms with Gasteiger partial charge in [-0.3, -0.25) is 0 Å². The first-order valence-electron chi connectivity index (χ1n) is 9.34. The molecular weight excluding hydrogens is 376 g/mol. The number of nitrogens with one attached hydrogen (secondary N) is 1. The van der Waals surface area contributed by atoms with E-state index in [-0.39, 0.29) is 6.10 Å². The molecular formula is C20H22N4O3S. The number of hydrogen-bond donors (Lipinski definition) is 1. The second kappa shape index (κ2) is 7.41. The lowest BCUT2D eigenvalue weighted by Gasteiger charge is -2.25. The van der Waals surface area contributed by atoms with Crippen molar-refractivity contribution in [1.29, 1.82) is 5.26 Å². The van der Waals surface area contributed by atoms with Crippen molar-refractivity contribution in [2.24, 2.45) is 0 Å². The summed E-state index contributed by atoms with van der Waals surface area (Å²) >= 11 is 0. The van der Waals surface area contributed by atoms with Crippen molar-refractivity contribution in [1.82, 2.24) is 10.3 Å². The number of rotatable bonds is 4. The van der Waals surface area contributed by atoms with E-state index in [2.05, 4.69) is 16.4 Å². The molecule has 1 aromatic carbocycles. The molecule has 1 N–H and O–H groups in total. The van der Waals surface area contributed by atoms with E-state index in [1.807, 2.05) is 17.0 Å². The molecule has 0 amide bonds. The van der Waals surface area contributed by atoms with Crippen LogP contribution in [-0.4, -0.2) is 45.4 Å². The van der Waals surface area contributed by atoms with Gasteiger partial charge in [-0.05, 0) is 56.1 Å². The summed E-state index contributed by atoms with van der Waals surface area (Å²) in [6, 6.07) is 9.17. The molecule has 0 radical (unpaired) electrons. The Kier molecular flexibility index (Phi) is 4.96. The maximum Gasteiger partial charge on any atom is 0.175 e. The second-order valence-corrected chi connectivity index (χ2v) is 9.20. The fourth-order valence-corrected chi connectivity index (χ4v) is 4.37. The van der Waals surface area contributed by atoms with E-state index in [0.717, 1.165) is 43.6 Å². The van der Waals surface area contributed by atoms with Crippen LogP contribution in [-0.2, 0) is 16.3 Å². The van der Waals surface area contributed by atoms with Crippen molar-refractivity contribution < 1.29 is 13.2 Å². The summed E-state index contributed by atoms with van der Waals surface area (Å²) in [6.07, 6.45) is 5.41. The minimum atomic E-state index is -3.23. The zero-order valence-electron chi connectivity index (χ0n) is 15.7. The summed E-state index contributed by atoms with van der Waals surface area (Å²) in [6.45, 7) is 2.52. The molecule has 7 nitrogen and oxygen atoms in total. The Morgan fingerprint density at radius 2 is 2.07 bits per heavy atom. The van der Waals surface area contributed by atoms with Gasteiger partial charge in [-0.25, -0.2) is 13.4 Å². The lowest BCUT2D eigenvalue weighted by Crippen LogP contribution is -2.34. The highest BCUT2D eigenvalue weighted by molar-refractivity contribution is 7.90. The Balaban J connectivity index is 1.64. The topological polar surface area (TPSA) is 95.3 Å². The second-order valence-electron chi connectivity index (χ2n) is 7.18. The molecule has 8 heteroatoms. The minimum absolute atomic E-state index is 0.0896. The average Bonchev–Trinajstić information content (AvgIpc) is 3.11. The molecule has 0 spiro atoms. The first-order chi connectivity index (χ1) is 13.5. The molecule has 0 saturated carbocycles. The van der Waals surface area contributed by atoms with Crippen molar-refractivity contribution in [3.05, 3.63) is 41.6 Å². The van der Waals surface area contributed by atoms with E-state index in [1.165, 1.54) is 6.26 Å². The SMILES string of the molecule is CS(=O)(=O)c1ccc2c(c1)CCN2c1cc(OC2CCNCC2)c(C#N)cn1. The molecule has 1 saturated heterocycles. The maximum absolute atomic E-state index is 11.8. The number of piperidine rings is 1. The molecule has 3 heterocycles. The third-order valence-corrected chi connectivity index (χ3v) is 6.31. The first kappa shape index (κ1) is 18.7. The Labute approximate surface area is 164 Å². The number of sulfone groups is 1. The number of nitriles is 1. The fraction of sp³-hybridized carbons (Fsp3) is 0.400. The average molecular weight is 398 g/mol. The van der Waals surface area contributed by atoms with Crippen LogP contribution >= 0.6 is 0 Å². The number of nitrogens with zero attached hydrogens (tertiary/aromatic N) is 3. The minimum Gasteiger partial charge on any atom is -0.489 e. The quantitative estimate of drug-likeness (QED) is 0.843. The summed E-state index contributed by atoms with van der Waals surface area (Å²) in [5.74, 6) is 1.26. The summed E-state index contributed by atoms with van der Waals surface area (Å²) in [5, 5.41) is 12.7. The predicted octanol–water partition coefficient (Wildman–Crippen LogP) is 2.18. The third-order valence-electron chi connectivity index (χ3n) is 5.20. The van der Waals surface area contributed by atoms with Gasteiger partial charge in [0.15, 0.2) is 9.84 Å². The smallest absolute Gasteiger partial charge is 0.175 e. The van der Waals surface area contributed by atoms with Gasteiger partial charge >= 0.3 is 0 Å².